The standard InChI is InChI=1S/C19H15N5O4/c1-10(22-19(27)28)17-23-15-12(9-20)5-3-7-14(15)18(26)24(17)13-6-2-4-11(8-13)16(21)25/h2-8,10,22H,1H3,(H2,21,25)(H,27,28). The molecule has 1 atom stereocenters. The van der Waals surface area contributed by atoms with E-state index in [4.69, 9.17) is 10.8 Å². The van der Waals surface area contributed by atoms with Crippen LogP contribution in [-0.2, 0) is 0 Å². The number of rotatable bonds is 4. The van der Waals surface area contributed by atoms with Crippen molar-refractivity contribution in [2.24, 2.45) is 5.73 Å². The zero-order valence-corrected chi connectivity index (χ0v) is 14.7. The number of nitrogens with two attached hydrogens (primary N) is 1. The van der Waals surface area contributed by atoms with Crippen LogP contribution in [0.2, 0.25) is 0 Å². The predicted molar refractivity (Wildman–Crippen MR) is 100 cm³/mol. The predicted octanol–water partition coefficient (Wildman–Crippen LogP) is 1.68. The second kappa shape index (κ2) is 7.20. The summed E-state index contributed by atoms with van der Waals surface area (Å²) in [6.07, 6.45) is -1.30. The number of primary amides is 1. The number of hydrogen-bond acceptors (Lipinski definition) is 5. The van der Waals surface area contributed by atoms with E-state index in [-0.39, 0.29) is 27.9 Å². The molecule has 0 aliphatic carbocycles. The molecule has 9 heteroatoms. The van der Waals surface area contributed by atoms with Crippen molar-refractivity contribution in [1.82, 2.24) is 14.9 Å². The molecule has 28 heavy (non-hydrogen) atoms. The normalized spacial score (nSPS) is 11.6. The van der Waals surface area contributed by atoms with Gasteiger partial charge in [-0.2, -0.15) is 5.26 Å². The van der Waals surface area contributed by atoms with Gasteiger partial charge in [0.2, 0.25) is 5.91 Å². The fourth-order valence-corrected chi connectivity index (χ4v) is 2.90. The number of nitrogens with one attached hydrogen (secondary N) is 1. The van der Waals surface area contributed by atoms with Crippen molar-refractivity contribution in [2.75, 3.05) is 0 Å². The van der Waals surface area contributed by atoms with Gasteiger partial charge in [0.25, 0.3) is 5.56 Å². The number of carboxylic acid groups (broad SMARTS) is 1. The summed E-state index contributed by atoms with van der Waals surface area (Å²) >= 11 is 0. The zero-order valence-electron chi connectivity index (χ0n) is 14.7. The fraction of sp³-hybridized carbons (Fsp3) is 0.105. The van der Waals surface area contributed by atoms with Crippen molar-refractivity contribution in [3.63, 3.8) is 0 Å². The Bertz CT molecular complexity index is 1210. The Labute approximate surface area is 158 Å². The van der Waals surface area contributed by atoms with Gasteiger partial charge >= 0.3 is 6.09 Å². The number of nitrogens with zero attached hydrogens (tertiary/aromatic N) is 3. The van der Waals surface area contributed by atoms with Gasteiger partial charge in [-0.1, -0.05) is 12.1 Å². The Balaban J connectivity index is 2.40. The van der Waals surface area contributed by atoms with Crippen LogP contribution in [-0.4, -0.2) is 26.7 Å². The first-order valence-electron chi connectivity index (χ1n) is 8.19. The van der Waals surface area contributed by atoms with Crippen LogP contribution in [0.1, 0.15) is 34.7 Å². The molecule has 4 N–H and O–H groups in total. The maximum absolute atomic E-state index is 13.2. The molecule has 0 saturated carbocycles. The van der Waals surface area contributed by atoms with Crippen LogP contribution in [0.4, 0.5) is 4.79 Å². The molecule has 0 radical (unpaired) electrons. The van der Waals surface area contributed by atoms with E-state index in [1.54, 1.807) is 18.2 Å². The van der Waals surface area contributed by atoms with Gasteiger partial charge in [0.05, 0.1) is 28.2 Å². The highest BCUT2D eigenvalue weighted by molar-refractivity contribution is 5.93. The summed E-state index contributed by atoms with van der Waals surface area (Å²) in [4.78, 5) is 40.2. The van der Waals surface area contributed by atoms with Gasteiger partial charge in [0.15, 0.2) is 0 Å². The van der Waals surface area contributed by atoms with Crippen LogP contribution < -0.4 is 16.6 Å². The molecule has 0 aliphatic heterocycles. The third-order valence-electron chi connectivity index (χ3n) is 4.16. The molecular weight excluding hydrogens is 362 g/mol. The van der Waals surface area contributed by atoms with E-state index in [1.165, 1.54) is 35.8 Å². The van der Waals surface area contributed by atoms with Crippen LogP contribution in [0, 0.1) is 11.3 Å². The Morgan fingerprint density at radius 2 is 2.00 bits per heavy atom. The number of para-hydroxylation sites is 1. The number of aromatic nitrogens is 2. The van der Waals surface area contributed by atoms with E-state index in [0.29, 0.717) is 5.69 Å². The molecule has 1 heterocycles. The zero-order chi connectivity index (χ0) is 20.4. The Hall–Kier alpha value is -4.19. The first kappa shape index (κ1) is 18.6. The molecule has 0 saturated heterocycles. The van der Waals surface area contributed by atoms with Crippen molar-refractivity contribution in [1.29, 1.82) is 5.26 Å². The number of carbonyl (C=O) groups is 2. The SMILES string of the molecule is CC(NC(=O)O)c1nc2c(C#N)cccc2c(=O)n1-c1cccc(C(N)=O)c1. The minimum atomic E-state index is -1.30. The highest BCUT2D eigenvalue weighted by Crippen LogP contribution is 2.20. The Morgan fingerprint density at radius 1 is 1.29 bits per heavy atom. The van der Waals surface area contributed by atoms with Gasteiger partial charge in [-0.25, -0.2) is 9.78 Å². The van der Waals surface area contributed by atoms with Crippen molar-refractivity contribution in [3.05, 3.63) is 69.8 Å². The summed E-state index contributed by atoms with van der Waals surface area (Å²) in [6, 6.07) is 11.8. The van der Waals surface area contributed by atoms with E-state index in [2.05, 4.69) is 10.3 Å². The second-order valence-corrected chi connectivity index (χ2v) is 6.01. The molecule has 1 unspecified atom stereocenters. The first-order chi connectivity index (χ1) is 13.3. The Kier molecular flexibility index (Phi) is 4.78. The van der Waals surface area contributed by atoms with Crippen LogP contribution in [0.5, 0.6) is 0 Å². The van der Waals surface area contributed by atoms with E-state index in [9.17, 15) is 19.6 Å². The summed E-state index contributed by atoms with van der Waals surface area (Å²) in [5.74, 6) is -0.599. The second-order valence-electron chi connectivity index (χ2n) is 6.01. The maximum atomic E-state index is 13.2. The molecule has 1 aromatic heterocycles. The molecular formula is C19H15N5O4. The quantitative estimate of drug-likeness (QED) is 0.629. The van der Waals surface area contributed by atoms with Crippen molar-refractivity contribution in [2.45, 2.75) is 13.0 Å². The summed E-state index contributed by atoms with van der Waals surface area (Å²) in [6.45, 7) is 1.52. The lowest BCUT2D eigenvalue weighted by molar-refractivity contribution is 0.1000. The number of amides is 2. The molecule has 0 aliphatic rings. The van der Waals surface area contributed by atoms with Crippen LogP contribution in [0.25, 0.3) is 16.6 Å². The molecule has 140 valence electrons. The molecule has 2 aromatic carbocycles. The third-order valence-corrected chi connectivity index (χ3v) is 4.16. The van der Waals surface area contributed by atoms with E-state index in [0.717, 1.165) is 0 Å². The fourth-order valence-electron chi connectivity index (χ4n) is 2.90. The van der Waals surface area contributed by atoms with Gasteiger partial charge in [0.1, 0.15) is 11.9 Å². The lowest BCUT2D eigenvalue weighted by atomic mass is 10.1. The molecule has 0 bridgehead atoms. The van der Waals surface area contributed by atoms with Crippen LogP contribution >= 0.6 is 0 Å². The average molecular weight is 377 g/mol. The van der Waals surface area contributed by atoms with E-state index < -0.39 is 23.6 Å². The number of hydrogen-bond donors (Lipinski definition) is 3. The van der Waals surface area contributed by atoms with E-state index in [1.807, 2.05) is 6.07 Å². The van der Waals surface area contributed by atoms with Crippen molar-refractivity contribution < 1.29 is 14.7 Å². The summed E-state index contributed by atoms with van der Waals surface area (Å²) in [7, 11) is 0. The maximum Gasteiger partial charge on any atom is 0.405 e. The minimum Gasteiger partial charge on any atom is -0.465 e. The first-order valence-corrected chi connectivity index (χ1v) is 8.19. The summed E-state index contributed by atoms with van der Waals surface area (Å²) in [5.41, 5.74) is 5.66. The lowest BCUT2D eigenvalue weighted by Crippen LogP contribution is -2.32. The molecule has 3 rings (SSSR count). The average Bonchev–Trinajstić information content (AvgIpc) is 2.66. The van der Waals surface area contributed by atoms with Gasteiger partial charge in [-0.15, -0.1) is 0 Å². The van der Waals surface area contributed by atoms with Crippen LogP contribution in [0.3, 0.4) is 0 Å². The van der Waals surface area contributed by atoms with Crippen LogP contribution in [0.15, 0.2) is 47.3 Å². The van der Waals surface area contributed by atoms with Crippen molar-refractivity contribution in [3.8, 4) is 11.8 Å². The largest absolute Gasteiger partial charge is 0.465 e. The number of fused-ring (bicyclic) bond motifs is 1. The molecule has 0 fully saturated rings. The monoisotopic (exact) mass is 377 g/mol. The van der Waals surface area contributed by atoms with Gasteiger partial charge in [0, 0.05) is 5.56 Å². The van der Waals surface area contributed by atoms with E-state index >= 15 is 0 Å². The molecule has 3 aromatic rings. The van der Waals surface area contributed by atoms with Gasteiger partial charge in [-0.3, -0.25) is 14.2 Å². The van der Waals surface area contributed by atoms with Crippen molar-refractivity contribution >= 4 is 22.9 Å². The number of carbonyl (C=O) groups excluding carboxylic acids is 1. The Morgan fingerprint density at radius 3 is 2.64 bits per heavy atom. The highest BCUT2D eigenvalue weighted by Gasteiger charge is 2.21. The number of nitriles is 1. The minimum absolute atomic E-state index is 0.0734. The lowest BCUT2D eigenvalue weighted by Gasteiger charge is -2.19. The third kappa shape index (κ3) is 3.26. The molecule has 0 spiro atoms. The molecule has 2 amide bonds. The summed E-state index contributed by atoms with van der Waals surface area (Å²) in [5, 5.41) is 20.8. The summed E-state index contributed by atoms with van der Waals surface area (Å²) < 4.78 is 1.20. The highest BCUT2D eigenvalue weighted by atomic mass is 16.4. The smallest absolute Gasteiger partial charge is 0.405 e. The van der Waals surface area contributed by atoms with Gasteiger partial charge in [-0.05, 0) is 37.3 Å². The van der Waals surface area contributed by atoms with Gasteiger partial charge < -0.3 is 16.2 Å². The molecule has 9 nitrogen and oxygen atoms in total. The topological polar surface area (TPSA) is 151 Å². The number of benzene rings is 2.